The second-order valence-electron chi connectivity index (χ2n) is 16.0. The molecule has 290 valence electrons. The lowest BCUT2D eigenvalue weighted by Gasteiger charge is -2.30. The molecule has 12 nitrogen and oxygen atoms in total. The molecule has 3 aromatic carbocycles. The van der Waals surface area contributed by atoms with E-state index in [0.29, 0.717) is 13.2 Å². The fraction of sp³-hybridized carbons (Fsp3) is 0.378. The summed E-state index contributed by atoms with van der Waals surface area (Å²) in [6.45, 7) is 2.77. The molecule has 11 rings (SSSR count). The Morgan fingerprint density at radius 3 is 1.89 bits per heavy atom. The average molecular weight is 764 g/mol. The van der Waals surface area contributed by atoms with E-state index in [-0.39, 0.29) is 42.3 Å². The van der Waals surface area contributed by atoms with Crippen molar-refractivity contribution in [1.82, 2.24) is 34.3 Å². The number of aromatic nitrogens is 5. The molecule has 0 unspecified atom stereocenters. The molecule has 6 aromatic rings. The molecule has 0 aliphatic carbocycles. The predicted molar refractivity (Wildman–Crippen MR) is 213 cm³/mol. The highest BCUT2D eigenvalue weighted by molar-refractivity contribution is 5.92. The number of aromatic amines is 2. The second-order valence-corrected chi connectivity index (χ2v) is 16.0. The number of amides is 2. The van der Waals surface area contributed by atoms with Crippen LogP contribution in [0.25, 0.3) is 44.7 Å². The number of H-pyrrole nitrogens is 2. The van der Waals surface area contributed by atoms with E-state index in [1.807, 2.05) is 40.4 Å². The van der Waals surface area contributed by atoms with Gasteiger partial charge in [0.05, 0.1) is 47.1 Å². The number of likely N-dealkylation sites (tertiary alicyclic amines) is 2. The molecule has 5 atom stereocenters. The number of fused-ring (bicyclic) bond motifs is 5. The summed E-state index contributed by atoms with van der Waals surface area (Å²) in [4.78, 5) is 47.3. The van der Waals surface area contributed by atoms with Crippen molar-refractivity contribution in [3.63, 3.8) is 0 Å². The molecule has 5 aliphatic heterocycles. The van der Waals surface area contributed by atoms with Gasteiger partial charge >= 0.3 is 0 Å². The minimum Gasteiger partial charge on any atom is -0.465 e. The first kappa shape index (κ1) is 34.5. The van der Waals surface area contributed by atoms with E-state index in [9.17, 15) is 9.59 Å². The number of carbonyl (C=O) groups excluding carboxylic acids is 2. The van der Waals surface area contributed by atoms with Gasteiger partial charge in [-0.15, -0.1) is 0 Å². The smallest absolute Gasteiger partial charge is 0.252 e. The molecule has 4 saturated heterocycles. The molecule has 2 amide bonds. The summed E-state index contributed by atoms with van der Waals surface area (Å²) in [6, 6.07) is 25.3. The number of benzene rings is 3. The van der Waals surface area contributed by atoms with Crippen LogP contribution in [0, 0.1) is 0 Å². The van der Waals surface area contributed by atoms with Gasteiger partial charge < -0.3 is 38.5 Å². The molecule has 0 bridgehead atoms. The van der Waals surface area contributed by atoms with Crippen LogP contribution in [0.1, 0.15) is 86.9 Å². The van der Waals surface area contributed by atoms with E-state index < -0.39 is 0 Å². The molecule has 12 heteroatoms. The lowest BCUT2D eigenvalue weighted by Crippen LogP contribution is -2.38. The standard InChI is InChI=1S/C45H45N7O5/c53-43(38-12-6-20-55-38)50-18-4-10-35(50)41-46-25-32(48-41)28-15-17-34-30(22-28)23-37-31-16-14-29(24-40(31)57-45(52(34)37)27-8-2-1-3-9-27)33-26-47-42(49-33)36-11-5-19-51(36)44(54)39-13-7-21-56-39/h1-3,8-9,14-17,22-26,35-36,38-39,45H,4-7,10-13,18-21H2,(H,46,48)(H,47,49)/t35-,36-,38+,39+,45-/m0/s1. The topological polar surface area (TPSA) is 131 Å². The number of nitrogens with one attached hydrogen (secondary N) is 2. The summed E-state index contributed by atoms with van der Waals surface area (Å²) in [5.74, 6) is 2.59. The molecule has 3 aromatic heterocycles. The number of imidazole rings is 2. The Bertz CT molecular complexity index is 2480. The molecule has 8 heterocycles. The molecule has 0 spiro atoms. The number of nitrogens with zero attached hydrogens (tertiary/aromatic N) is 5. The number of carbonyl (C=O) groups is 2. The zero-order valence-electron chi connectivity index (χ0n) is 31.7. The van der Waals surface area contributed by atoms with Gasteiger partial charge in [0, 0.05) is 53.9 Å². The largest absolute Gasteiger partial charge is 0.465 e. The molecular weight excluding hydrogens is 719 g/mol. The third kappa shape index (κ3) is 5.96. The maximum Gasteiger partial charge on any atom is 0.252 e. The highest BCUT2D eigenvalue weighted by Crippen LogP contribution is 2.46. The van der Waals surface area contributed by atoms with Crippen LogP contribution in [0.2, 0.25) is 0 Å². The van der Waals surface area contributed by atoms with Gasteiger partial charge in [0.15, 0.2) is 0 Å². The van der Waals surface area contributed by atoms with Crippen LogP contribution in [0.15, 0.2) is 85.2 Å². The predicted octanol–water partition coefficient (Wildman–Crippen LogP) is 7.71. The minimum absolute atomic E-state index is 0.0715. The monoisotopic (exact) mass is 763 g/mol. The highest BCUT2D eigenvalue weighted by Gasteiger charge is 2.39. The van der Waals surface area contributed by atoms with Crippen molar-refractivity contribution in [2.75, 3.05) is 26.3 Å². The van der Waals surface area contributed by atoms with Gasteiger partial charge in [-0.05, 0) is 81.7 Å². The van der Waals surface area contributed by atoms with Gasteiger partial charge in [-0.2, -0.15) is 0 Å². The molecule has 57 heavy (non-hydrogen) atoms. The summed E-state index contributed by atoms with van der Waals surface area (Å²) in [5.41, 5.74) is 8.00. The minimum atomic E-state index is -0.381. The van der Waals surface area contributed by atoms with E-state index >= 15 is 0 Å². The Labute approximate surface area is 330 Å². The van der Waals surface area contributed by atoms with Crippen LogP contribution >= 0.6 is 0 Å². The summed E-state index contributed by atoms with van der Waals surface area (Å²) in [7, 11) is 0. The number of hydrogen-bond donors (Lipinski definition) is 2. The Morgan fingerprint density at radius 2 is 1.28 bits per heavy atom. The normalized spacial score (nSPS) is 24.2. The van der Waals surface area contributed by atoms with Gasteiger partial charge in [-0.25, -0.2) is 9.97 Å². The van der Waals surface area contributed by atoms with Crippen LogP contribution in [0.5, 0.6) is 5.75 Å². The van der Waals surface area contributed by atoms with E-state index in [4.69, 9.17) is 24.2 Å². The SMILES string of the molecule is O=C([C@H]1CCCO1)N1CCC[C@H]1c1ncc(-c2ccc3c(c2)O[C@@H](c2ccccc2)n2c-3cc3cc(-c4cnc([C@@H]5CCCN5C(=O)[C@H]5CCCO5)[nH]4)ccc32)[nH]1. The van der Waals surface area contributed by atoms with Gasteiger partial charge in [0.1, 0.15) is 29.6 Å². The van der Waals surface area contributed by atoms with Gasteiger partial charge in [0.25, 0.3) is 11.8 Å². The summed E-state index contributed by atoms with van der Waals surface area (Å²) >= 11 is 0. The first-order valence-corrected chi connectivity index (χ1v) is 20.5. The Morgan fingerprint density at radius 1 is 0.667 bits per heavy atom. The van der Waals surface area contributed by atoms with Crippen LogP contribution in [-0.4, -0.2) is 84.6 Å². The summed E-state index contributed by atoms with van der Waals surface area (Å²) in [6.07, 6.45) is 9.82. The first-order valence-electron chi connectivity index (χ1n) is 20.5. The van der Waals surface area contributed by atoms with Gasteiger partial charge in [-0.3, -0.25) is 9.59 Å². The van der Waals surface area contributed by atoms with E-state index in [0.717, 1.165) is 132 Å². The number of ether oxygens (including phenoxy) is 3. The molecule has 0 saturated carbocycles. The molecule has 0 radical (unpaired) electrons. The van der Waals surface area contributed by atoms with Crippen molar-refractivity contribution in [3.05, 3.63) is 102 Å². The van der Waals surface area contributed by atoms with E-state index in [1.165, 1.54) is 0 Å². The van der Waals surface area contributed by atoms with Crippen LogP contribution in [-0.2, 0) is 19.1 Å². The van der Waals surface area contributed by atoms with E-state index in [2.05, 4.69) is 69.1 Å². The van der Waals surface area contributed by atoms with Crippen LogP contribution in [0.3, 0.4) is 0 Å². The number of hydrogen-bond acceptors (Lipinski definition) is 7. The van der Waals surface area contributed by atoms with Crippen molar-refractivity contribution in [2.24, 2.45) is 0 Å². The van der Waals surface area contributed by atoms with Gasteiger partial charge in [-0.1, -0.05) is 42.5 Å². The quantitative estimate of drug-likeness (QED) is 0.170. The summed E-state index contributed by atoms with van der Waals surface area (Å²) in [5, 5.41) is 1.09. The highest BCUT2D eigenvalue weighted by atomic mass is 16.5. The molecule has 2 N–H and O–H groups in total. The average Bonchev–Trinajstić information content (AvgIpc) is 4.11. The van der Waals surface area contributed by atoms with Crippen LogP contribution < -0.4 is 4.74 Å². The van der Waals surface area contributed by atoms with Crippen molar-refractivity contribution in [2.45, 2.75) is 81.9 Å². The van der Waals surface area contributed by atoms with Crippen molar-refractivity contribution in [3.8, 4) is 39.5 Å². The lowest BCUT2D eigenvalue weighted by molar-refractivity contribution is -0.142. The van der Waals surface area contributed by atoms with Crippen molar-refractivity contribution >= 4 is 22.7 Å². The van der Waals surface area contributed by atoms with Crippen molar-refractivity contribution < 1.29 is 23.8 Å². The van der Waals surface area contributed by atoms with E-state index in [1.54, 1.807) is 0 Å². The second kappa shape index (κ2) is 14.0. The van der Waals surface area contributed by atoms with Gasteiger partial charge in [0.2, 0.25) is 6.23 Å². The molecular formula is C45H45N7O5. The molecule has 4 fully saturated rings. The zero-order valence-corrected chi connectivity index (χ0v) is 31.7. The Balaban J connectivity index is 0.907. The maximum absolute atomic E-state index is 13.3. The Hall–Kier alpha value is -5.72. The summed E-state index contributed by atoms with van der Waals surface area (Å²) < 4.78 is 20.7. The van der Waals surface area contributed by atoms with Crippen LogP contribution in [0.4, 0.5) is 0 Å². The first-order chi connectivity index (χ1) is 28.1. The maximum atomic E-state index is 13.3. The lowest BCUT2D eigenvalue weighted by atomic mass is 10.0. The zero-order chi connectivity index (χ0) is 38.0. The molecule has 5 aliphatic rings. The Kier molecular flexibility index (Phi) is 8.50. The fourth-order valence-electron chi connectivity index (χ4n) is 9.72. The third-order valence-corrected chi connectivity index (χ3v) is 12.6. The fourth-order valence-corrected chi connectivity index (χ4v) is 9.72. The third-order valence-electron chi connectivity index (χ3n) is 12.6. The number of rotatable bonds is 7. The van der Waals surface area contributed by atoms with Crippen molar-refractivity contribution in [1.29, 1.82) is 0 Å².